The lowest BCUT2D eigenvalue weighted by Crippen LogP contribution is -2.36. The van der Waals surface area contributed by atoms with Crippen LogP contribution in [0.25, 0.3) is 0 Å². The Balaban J connectivity index is 2.42. The van der Waals surface area contributed by atoms with Gasteiger partial charge in [0.25, 0.3) is 0 Å². The van der Waals surface area contributed by atoms with Crippen LogP contribution < -0.4 is 10.6 Å². The van der Waals surface area contributed by atoms with Gasteiger partial charge >= 0.3 is 12.1 Å². The maximum absolute atomic E-state index is 13.8. The predicted molar refractivity (Wildman–Crippen MR) is 64.2 cm³/mol. The lowest BCUT2D eigenvalue weighted by molar-refractivity contribution is -0.120. The lowest BCUT2D eigenvalue weighted by Gasteiger charge is -2.26. The van der Waals surface area contributed by atoms with E-state index < -0.39 is 36.1 Å². The van der Waals surface area contributed by atoms with Crippen molar-refractivity contribution in [1.82, 2.24) is 0 Å². The normalized spacial score (nSPS) is 15.2. The monoisotopic (exact) mass is 292 g/mol. The summed E-state index contributed by atoms with van der Waals surface area (Å²) in [5, 5.41) is 8.91. The Kier molecular flexibility index (Phi) is 3.49. The highest BCUT2D eigenvalue weighted by molar-refractivity contribution is 5.95. The molecule has 0 saturated heterocycles. The molecule has 8 heteroatoms. The maximum atomic E-state index is 13.8. The van der Waals surface area contributed by atoms with Crippen LogP contribution >= 0.6 is 0 Å². The quantitative estimate of drug-likeness (QED) is 0.661. The summed E-state index contributed by atoms with van der Waals surface area (Å²) in [6.07, 6.45) is -3.47. The molecule has 1 aromatic rings. The number of anilines is 2. The number of carboxylic acids is 1. The fourth-order valence-electron chi connectivity index (χ4n) is 1.97. The number of benzene rings is 1. The molecule has 0 amide bonds. The zero-order valence-electron chi connectivity index (χ0n) is 10.2. The zero-order chi connectivity index (χ0) is 15.1. The van der Waals surface area contributed by atoms with E-state index in [9.17, 15) is 22.4 Å². The molecular weight excluding hydrogens is 280 g/mol. The van der Waals surface area contributed by atoms with Gasteiger partial charge in [-0.15, -0.1) is 0 Å². The SMILES string of the molecule is Nc1cc(F)c(N(CC(F)(F)F)C2CC2)cc1C(=O)O. The fourth-order valence-corrected chi connectivity index (χ4v) is 1.97. The highest BCUT2D eigenvalue weighted by atomic mass is 19.4. The predicted octanol–water partition coefficient (Wildman–Crippen LogP) is 2.64. The minimum atomic E-state index is -4.50. The molecular formula is C12H12F4N2O2. The van der Waals surface area contributed by atoms with E-state index in [1.807, 2.05) is 0 Å². The molecule has 1 aliphatic carbocycles. The summed E-state index contributed by atoms with van der Waals surface area (Å²) >= 11 is 0. The van der Waals surface area contributed by atoms with Gasteiger partial charge in [-0.05, 0) is 25.0 Å². The molecule has 1 aromatic carbocycles. The molecule has 20 heavy (non-hydrogen) atoms. The second-order valence-electron chi connectivity index (χ2n) is 4.67. The number of carbonyl (C=O) groups is 1. The molecule has 0 unspecified atom stereocenters. The van der Waals surface area contributed by atoms with Crippen molar-refractivity contribution < 1.29 is 27.5 Å². The van der Waals surface area contributed by atoms with Gasteiger partial charge in [0.15, 0.2) is 0 Å². The number of hydrogen-bond acceptors (Lipinski definition) is 3. The molecule has 0 bridgehead atoms. The molecule has 0 radical (unpaired) electrons. The Labute approximate surface area is 111 Å². The smallest absolute Gasteiger partial charge is 0.405 e. The Morgan fingerprint density at radius 1 is 1.40 bits per heavy atom. The van der Waals surface area contributed by atoms with Gasteiger partial charge in [0.05, 0.1) is 11.3 Å². The van der Waals surface area contributed by atoms with Crippen molar-refractivity contribution in [3.8, 4) is 0 Å². The first-order chi connectivity index (χ1) is 9.19. The van der Waals surface area contributed by atoms with Gasteiger partial charge in [0.1, 0.15) is 12.4 Å². The Hall–Kier alpha value is -1.99. The van der Waals surface area contributed by atoms with Crippen molar-refractivity contribution in [1.29, 1.82) is 0 Å². The van der Waals surface area contributed by atoms with Crippen LogP contribution in [0.4, 0.5) is 28.9 Å². The molecule has 0 aliphatic heterocycles. The second-order valence-corrected chi connectivity index (χ2v) is 4.67. The number of nitrogen functional groups attached to an aromatic ring is 1. The number of nitrogens with two attached hydrogens (primary N) is 1. The average Bonchev–Trinajstić information content (AvgIpc) is 3.08. The molecule has 110 valence electrons. The van der Waals surface area contributed by atoms with Gasteiger partial charge in [0.2, 0.25) is 0 Å². The zero-order valence-corrected chi connectivity index (χ0v) is 10.2. The standard InChI is InChI=1S/C12H12F4N2O2/c13-8-4-9(17)7(11(19)20)3-10(8)18(6-1-2-6)5-12(14,15)16/h3-4,6H,1-2,5,17H2,(H,19,20). The van der Waals surface area contributed by atoms with Crippen molar-refractivity contribution >= 4 is 17.3 Å². The minimum absolute atomic E-state index is 0.318. The molecule has 3 N–H and O–H groups in total. The van der Waals surface area contributed by atoms with Crippen LogP contribution in [0, 0.1) is 5.82 Å². The maximum Gasteiger partial charge on any atom is 0.405 e. The topological polar surface area (TPSA) is 66.6 Å². The fraction of sp³-hybridized carbons (Fsp3) is 0.417. The summed E-state index contributed by atoms with van der Waals surface area (Å²) in [7, 11) is 0. The first-order valence-corrected chi connectivity index (χ1v) is 5.85. The summed E-state index contributed by atoms with van der Waals surface area (Å²) in [6.45, 7) is -1.32. The molecule has 1 saturated carbocycles. The van der Waals surface area contributed by atoms with Crippen molar-refractivity contribution in [2.45, 2.75) is 25.1 Å². The van der Waals surface area contributed by atoms with Crippen LogP contribution in [0.1, 0.15) is 23.2 Å². The molecule has 0 heterocycles. The Morgan fingerprint density at radius 3 is 2.45 bits per heavy atom. The Morgan fingerprint density at radius 2 is 2.00 bits per heavy atom. The summed E-state index contributed by atoms with van der Waals surface area (Å²) in [5.41, 5.74) is 4.24. The van der Waals surface area contributed by atoms with Crippen LogP contribution in [-0.2, 0) is 0 Å². The second kappa shape index (κ2) is 4.84. The van der Waals surface area contributed by atoms with E-state index in [0.717, 1.165) is 17.0 Å². The van der Waals surface area contributed by atoms with Crippen LogP contribution in [0.5, 0.6) is 0 Å². The average molecular weight is 292 g/mol. The highest BCUT2D eigenvalue weighted by Gasteiger charge is 2.39. The number of hydrogen-bond donors (Lipinski definition) is 2. The van der Waals surface area contributed by atoms with Gasteiger partial charge in [-0.25, -0.2) is 9.18 Å². The number of nitrogens with zero attached hydrogens (tertiary/aromatic N) is 1. The molecule has 4 nitrogen and oxygen atoms in total. The van der Waals surface area contributed by atoms with Crippen molar-refractivity contribution in [2.24, 2.45) is 0 Å². The molecule has 1 fully saturated rings. The number of carboxylic acid groups (broad SMARTS) is 1. The third-order valence-electron chi connectivity index (χ3n) is 3.00. The van der Waals surface area contributed by atoms with Gasteiger partial charge in [-0.3, -0.25) is 0 Å². The lowest BCUT2D eigenvalue weighted by atomic mass is 10.1. The summed E-state index contributed by atoms with van der Waals surface area (Å²) in [6, 6.07) is 1.18. The van der Waals surface area contributed by atoms with Gasteiger partial charge in [0, 0.05) is 11.7 Å². The minimum Gasteiger partial charge on any atom is -0.478 e. The number of alkyl halides is 3. The van der Waals surface area contributed by atoms with Crippen molar-refractivity contribution in [3.05, 3.63) is 23.5 Å². The van der Waals surface area contributed by atoms with Crippen LogP contribution in [0.2, 0.25) is 0 Å². The number of rotatable bonds is 4. The largest absolute Gasteiger partial charge is 0.478 e. The van der Waals surface area contributed by atoms with E-state index in [0.29, 0.717) is 12.8 Å². The third kappa shape index (κ3) is 3.12. The van der Waals surface area contributed by atoms with Gasteiger partial charge in [-0.2, -0.15) is 13.2 Å². The highest BCUT2D eigenvalue weighted by Crippen LogP contribution is 2.37. The molecule has 2 rings (SSSR count). The Bertz CT molecular complexity index is 541. The van der Waals surface area contributed by atoms with Crippen molar-refractivity contribution in [3.63, 3.8) is 0 Å². The third-order valence-corrected chi connectivity index (χ3v) is 3.00. The first kappa shape index (κ1) is 14.4. The van der Waals surface area contributed by atoms with Crippen LogP contribution in [0.15, 0.2) is 12.1 Å². The van der Waals surface area contributed by atoms with Gasteiger partial charge in [-0.1, -0.05) is 0 Å². The molecule has 0 aromatic heterocycles. The van der Waals surface area contributed by atoms with Crippen molar-refractivity contribution in [2.75, 3.05) is 17.2 Å². The van der Waals surface area contributed by atoms with E-state index in [1.54, 1.807) is 0 Å². The summed E-state index contributed by atoms with van der Waals surface area (Å²) in [5.74, 6) is -2.37. The van der Waals surface area contributed by atoms with E-state index in [2.05, 4.69) is 0 Å². The summed E-state index contributed by atoms with van der Waals surface area (Å²) in [4.78, 5) is 11.8. The van der Waals surface area contributed by atoms with Crippen LogP contribution in [-0.4, -0.2) is 29.8 Å². The van der Waals surface area contributed by atoms with E-state index in [-0.39, 0.29) is 11.4 Å². The van der Waals surface area contributed by atoms with E-state index in [1.165, 1.54) is 0 Å². The molecule has 0 atom stereocenters. The van der Waals surface area contributed by atoms with Gasteiger partial charge < -0.3 is 15.7 Å². The first-order valence-electron chi connectivity index (χ1n) is 5.85. The van der Waals surface area contributed by atoms with E-state index in [4.69, 9.17) is 10.8 Å². The molecule has 0 spiro atoms. The molecule has 1 aliphatic rings. The van der Waals surface area contributed by atoms with Crippen LogP contribution in [0.3, 0.4) is 0 Å². The number of halogens is 4. The summed E-state index contributed by atoms with van der Waals surface area (Å²) < 4.78 is 51.5. The number of aromatic carboxylic acids is 1. The van der Waals surface area contributed by atoms with E-state index >= 15 is 0 Å².